The van der Waals surface area contributed by atoms with Crippen molar-refractivity contribution in [3.63, 3.8) is 0 Å². The smallest absolute Gasteiger partial charge is 0.00151 e. The number of nitrogens with one attached hydrogen (secondary N) is 1. The van der Waals surface area contributed by atoms with Crippen LogP contribution >= 0.6 is 0 Å². The maximum Gasteiger partial charge on any atom is -0.00151 e. The van der Waals surface area contributed by atoms with Gasteiger partial charge in [0.1, 0.15) is 0 Å². The predicted molar refractivity (Wildman–Crippen MR) is 45.3 cm³/mol. The van der Waals surface area contributed by atoms with Gasteiger partial charge in [-0.1, -0.05) is 0 Å². The van der Waals surface area contributed by atoms with Crippen molar-refractivity contribution in [1.82, 2.24) is 5.32 Å². The van der Waals surface area contributed by atoms with Gasteiger partial charge in [-0.3, -0.25) is 0 Å². The summed E-state index contributed by atoms with van der Waals surface area (Å²) in [6, 6.07) is 0. The lowest BCUT2D eigenvalue weighted by molar-refractivity contribution is 0.172. The van der Waals surface area contributed by atoms with Gasteiger partial charge in [0.05, 0.1) is 0 Å². The minimum Gasteiger partial charge on any atom is -0.316 e. The Balaban J connectivity index is 1.84. The van der Waals surface area contributed by atoms with Crippen LogP contribution in [-0.4, -0.2) is 13.1 Å². The molecular weight excluding hydrogens is 134 g/mol. The molecule has 2 bridgehead atoms. The minimum atomic E-state index is 1.09. The molecule has 0 aromatic rings. The lowest BCUT2D eigenvalue weighted by Gasteiger charge is -2.35. The van der Waals surface area contributed by atoms with Crippen LogP contribution in [0.4, 0.5) is 0 Å². The predicted octanol–water partition coefficient (Wildman–Crippen LogP) is 1.64. The molecule has 1 aliphatic heterocycles. The summed E-state index contributed by atoms with van der Waals surface area (Å²) in [5.74, 6) is 4.49. The molecular formula is C10H17N. The van der Waals surface area contributed by atoms with Crippen LogP contribution in [0, 0.1) is 23.7 Å². The molecule has 1 N–H and O–H groups in total. The monoisotopic (exact) mass is 151 g/mol. The van der Waals surface area contributed by atoms with Gasteiger partial charge in [0, 0.05) is 0 Å². The van der Waals surface area contributed by atoms with Crippen molar-refractivity contribution >= 4 is 0 Å². The van der Waals surface area contributed by atoms with E-state index in [9.17, 15) is 0 Å². The van der Waals surface area contributed by atoms with Gasteiger partial charge in [0.15, 0.2) is 0 Å². The fraction of sp³-hybridized carbons (Fsp3) is 1.00. The average Bonchev–Trinajstić information content (AvgIpc) is 2.64. The zero-order valence-electron chi connectivity index (χ0n) is 7.05. The van der Waals surface area contributed by atoms with Gasteiger partial charge in [-0.15, -0.1) is 0 Å². The van der Waals surface area contributed by atoms with Crippen molar-refractivity contribution in [2.45, 2.75) is 25.7 Å². The van der Waals surface area contributed by atoms with Gasteiger partial charge in [-0.25, -0.2) is 0 Å². The maximum absolute atomic E-state index is 3.54. The number of hydrogen-bond acceptors (Lipinski definition) is 1. The topological polar surface area (TPSA) is 12.0 Å². The highest BCUT2D eigenvalue weighted by atomic mass is 14.9. The molecule has 0 spiro atoms. The first kappa shape index (κ1) is 6.47. The Morgan fingerprint density at radius 3 is 2.55 bits per heavy atom. The van der Waals surface area contributed by atoms with E-state index in [4.69, 9.17) is 0 Å². The third kappa shape index (κ3) is 0.807. The zero-order chi connectivity index (χ0) is 7.26. The normalized spacial score (nSPS) is 54.5. The van der Waals surface area contributed by atoms with Crippen LogP contribution in [0.15, 0.2) is 0 Å². The molecule has 3 aliphatic rings. The molecule has 11 heavy (non-hydrogen) atoms. The van der Waals surface area contributed by atoms with Crippen LogP contribution in [-0.2, 0) is 0 Å². The summed E-state index contributed by atoms with van der Waals surface area (Å²) in [5.41, 5.74) is 0. The fourth-order valence-corrected chi connectivity index (χ4v) is 3.83. The third-order valence-corrected chi connectivity index (χ3v) is 4.31. The molecule has 0 radical (unpaired) electrons. The minimum absolute atomic E-state index is 1.09. The second-order valence-electron chi connectivity index (χ2n) is 4.65. The first-order chi connectivity index (χ1) is 5.45. The third-order valence-electron chi connectivity index (χ3n) is 4.31. The molecule has 3 fully saturated rings. The highest BCUT2D eigenvalue weighted by molar-refractivity contribution is 4.98. The molecule has 1 saturated heterocycles. The van der Waals surface area contributed by atoms with E-state index in [0.29, 0.717) is 0 Å². The quantitative estimate of drug-likeness (QED) is 0.555. The van der Waals surface area contributed by atoms with E-state index in [1.807, 2.05) is 0 Å². The van der Waals surface area contributed by atoms with Gasteiger partial charge < -0.3 is 5.32 Å². The van der Waals surface area contributed by atoms with E-state index >= 15 is 0 Å². The summed E-state index contributed by atoms with van der Waals surface area (Å²) in [4.78, 5) is 0. The van der Waals surface area contributed by atoms with E-state index < -0.39 is 0 Å². The summed E-state index contributed by atoms with van der Waals surface area (Å²) < 4.78 is 0. The van der Waals surface area contributed by atoms with Gasteiger partial charge >= 0.3 is 0 Å². The van der Waals surface area contributed by atoms with Gasteiger partial charge in [-0.05, 0) is 62.4 Å². The van der Waals surface area contributed by atoms with Gasteiger partial charge in [0.25, 0.3) is 0 Å². The number of hydrogen-bond donors (Lipinski definition) is 1. The highest BCUT2D eigenvalue weighted by Crippen LogP contribution is 2.53. The number of piperidine rings is 1. The molecule has 1 heterocycles. The van der Waals surface area contributed by atoms with Crippen LogP contribution in [0.3, 0.4) is 0 Å². The number of fused-ring (bicyclic) bond motifs is 5. The lowest BCUT2D eigenvalue weighted by Crippen LogP contribution is -2.39. The SMILES string of the molecule is C1CC2C3CCC(C3)C2CN1. The largest absolute Gasteiger partial charge is 0.316 e. The van der Waals surface area contributed by atoms with Crippen molar-refractivity contribution in [3.05, 3.63) is 0 Å². The molecule has 0 aromatic carbocycles. The molecule has 2 saturated carbocycles. The Bertz CT molecular complexity index is 148. The molecule has 1 heteroatoms. The molecule has 3 rings (SSSR count). The van der Waals surface area contributed by atoms with E-state index in [0.717, 1.165) is 23.7 Å². The molecule has 0 amide bonds. The van der Waals surface area contributed by atoms with Crippen molar-refractivity contribution in [3.8, 4) is 0 Å². The molecule has 62 valence electrons. The fourth-order valence-electron chi connectivity index (χ4n) is 3.83. The van der Waals surface area contributed by atoms with Crippen LogP contribution in [0.25, 0.3) is 0 Å². The standard InChI is InChI=1S/C10H17N/c1-2-8-5-7(1)9-3-4-11-6-10(8)9/h7-11H,1-6H2. The van der Waals surface area contributed by atoms with E-state index in [1.54, 1.807) is 19.3 Å². The van der Waals surface area contributed by atoms with Crippen LogP contribution in [0.2, 0.25) is 0 Å². The Labute approximate surface area is 68.6 Å². The van der Waals surface area contributed by atoms with Gasteiger partial charge in [-0.2, -0.15) is 0 Å². The van der Waals surface area contributed by atoms with Crippen molar-refractivity contribution < 1.29 is 0 Å². The lowest BCUT2D eigenvalue weighted by atomic mass is 9.76. The van der Waals surface area contributed by atoms with Gasteiger partial charge in [0.2, 0.25) is 0 Å². The van der Waals surface area contributed by atoms with Crippen LogP contribution < -0.4 is 5.32 Å². The Hall–Kier alpha value is -0.0400. The van der Waals surface area contributed by atoms with Crippen LogP contribution in [0.1, 0.15) is 25.7 Å². The molecule has 1 nitrogen and oxygen atoms in total. The zero-order valence-corrected chi connectivity index (χ0v) is 7.05. The van der Waals surface area contributed by atoms with E-state index in [1.165, 1.54) is 19.5 Å². The molecule has 2 aliphatic carbocycles. The van der Waals surface area contributed by atoms with Crippen molar-refractivity contribution in [1.29, 1.82) is 0 Å². The first-order valence-corrected chi connectivity index (χ1v) is 5.16. The second kappa shape index (κ2) is 2.22. The summed E-state index contributed by atoms with van der Waals surface area (Å²) in [5, 5.41) is 3.54. The highest BCUT2D eigenvalue weighted by Gasteiger charge is 2.47. The van der Waals surface area contributed by atoms with E-state index in [-0.39, 0.29) is 0 Å². The second-order valence-corrected chi connectivity index (χ2v) is 4.65. The molecule has 4 unspecified atom stereocenters. The summed E-state index contributed by atoms with van der Waals surface area (Å²) in [6.07, 6.45) is 6.17. The van der Waals surface area contributed by atoms with Crippen molar-refractivity contribution in [2.24, 2.45) is 23.7 Å². The Kier molecular flexibility index (Phi) is 1.31. The summed E-state index contributed by atoms with van der Waals surface area (Å²) in [6.45, 7) is 2.64. The summed E-state index contributed by atoms with van der Waals surface area (Å²) >= 11 is 0. The maximum atomic E-state index is 3.54. The Morgan fingerprint density at radius 1 is 0.909 bits per heavy atom. The average molecular weight is 151 g/mol. The molecule has 0 aromatic heterocycles. The van der Waals surface area contributed by atoms with E-state index in [2.05, 4.69) is 5.32 Å². The van der Waals surface area contributed by atoms with Crippen LogP contribution in [0.5, 0.6) is 0 Å². The summed E-state index contributed by atoms with van der Waals surface area (Å²) in [7, 11) is 0. The first-order valence-electron chi connectivity index (χ1n) is 5.16. The number of rotatable bonds is 0. The van der Waals surface area contributed by atoms with Crippen molar-refractivity contribution in [2.75, 3.05) is 13.1 Å². The Morgan fingerprint density at radius 2 is 1.73 bits per heavy atom. The molecule has 4 atom stereocenters.